The summed E-state index contributed by atoms with van der Waals surface area (Å²) < 4.78 is 9.53. The van der Waals surface area contributed by atoms with Gasteiger partial charge >= 0.3 is 0 Å². The average molecular weight is 484 g/mol. The van der Waals surface area contributed by atoms with Gasteiger partial charge in [0.25, 0.3) is 17.7 Å². The first kappa shape index (κ1) is 25.0. The third-order valence-corrected chi connectivity index (χ3v) is 5.88. The maximum Gasteiger partial charge on any atom is 0.273 e. The number of hydrogen-bond acceptors (Lipinski definition) is 7. The van der Waals surface area contributed by atoms with Crippen molar-refractivity contribution in [3.8, 4) is 0 Å². The minimum absolute atomic E-state index is 0.00171. The summed E-state index contributed by atoms with van der Waals surface area (Å²) in [6.45, 7) is 9.64. The van der Waals surface area contributed by atoms with Crippen molar-refractivity contribution in [2.24, 2.45) is 5.73 Å². The molecule has 3 amide bonds. The minimum atomic E-state index is -1.15. The van der Waals surface area contributed by atoms with Crippen LogP contribution in [-0.4, -0.2) is 27.6 Å². The normalized spacial score (nSPS) is 12.4. The Kier molecular flexibility index (Phi) is 7.11. The van der Waals surface area contributed by atoms with E-state index in [1.165, 1.54) is 11.2 Å². The molecule has 0 spiro atoms. The maximum atomic E-state index is 13.9. The molecule has 180 valence electrons. The lowest BCUT2D eigenvalue weighted by molar-refractivity contribution is -0.124. The van der Waals surface area contributed by atoms with Crippen LogP contribution in [0.25, 0.3) is 0 Å². The van der Waals surface area contributed by atoms with Gasteiger partial charge in [0.05, 0.1) is 12.0 Å². The van der Waals surface area contributed by atoms with Gasteiger partial charge < -0.3 is 21.2 Å². The standard InChI is InChI=1S/C24H29N5O4S/c1-13(2)14-8-10-15(11-9-14)29(23(32)20-17(25)18(21(26)30)28-34-20)19(16-7-6-12-33-16)22(31)27-24(3,4)5/h6-13,19H,25H2,1-5H3,(H2,26,30)(H,27,31). The number of benzene rings is 1. The molecule has 2 heterocycles. The van der Waals surface area contributed by atoms with E-state index >= 15 is 0 Å². The first-order valence-corrected chi connectivity index (χ1v) is 11.5. The van der Waals surface area contributed by atoms with Crippen LogP contribution in [0.15, 0.2) is 47.1 Å². The summed E-state index contributed by atoms with van der Waals surface area (Å²) in [6.07, 6.45) is 1.43. The van der Waals surface area contributed by atoms with Crippen LogP contribution in [-0.2, 0) is 4.79 Å². The van der Waals surface area contributed by atoms with Crippen LogP contribution in [0.3, 0.4) is 0 Å². The molecule has 34 heavy (non-hydrogen) atoms. The third kappa shape index (κ3) is 5.28. The summed E-state index contributed by atoms with van der Waals surface area (Å²) in [4.78, 5) is 40.3. The molecule has 10 heteroatoms. The molecule has 0 saturated carbocycles. The second kappa shape index (κ2) is 9.68. The SMILES string of the molecule is CC(C)c1ccc(N(C(=O)c2snc(C(N)=O)c2N)C(C(=O)NC(C)(C)C)c2ccco2)cc1. The van der Waals surface area contributed by atoms with Crippen molar-refractivity contribution in [1.29, 1.82) is 0 Å². The fourth-order valence-corrected chi connectivity index (χ4v) is 4.14. The lowest BCUT2D eigenvalue weighted by Gasteiger charge is -2.32. The fraction of sp³-hybridized carbons (Fsp3) is 0.333. The molecule has 1 unspecified atom stereocenters. The number of carbonyl (C=O) groups is 3. The second-order valence-electron chi connectivity index (χ2n) is 9.22. The highest BCUT2D eigenvalue weighted by atomic mass is 32.1. The van der Waals surface area contributed by atoms with E-state index in [4.69, 9.17) is 15.9 Å². The van der Waals surface area contributed by atoms with Gasteiger partial charge in [0.1, 0.15) is 10.6 Å². The molecule has 0 aliphatic carbocycles. The molecule has 3 rings (SSSR count). The number of nitrogens with zero attached hydrogens (tertiary/aromatic N) is 2. The summed E-state index contributed by atoms with van der Waals surface area (Å²) >= 11 is 0.754. The number of primary amides is 1. The lowest BCUT2D eigenvalue weighted by Crippen LogP contribution is -2.49. The van der Waals surface area contributed by atoms with Crippen molar-refractivity contribution in [2.75, 3.05) is 10.6 Å². The molecule has 0 aliphatic rings. The molecule has 2 aromatic heterocycles. The van der Waals surface area contributed by atoms with Gasteiger partial charge in [0.15, 0.2) is 11.7 Å². The van der Waals surface area contributed by atoms with E-state index in [-0.39, 0.29) is 27.9 Å². The number of nitrogens with two attached hydrogens (primary N) is 2. The zero-order valence-corrected chi connectivity index (χ0v) is 20.6. The van der Waals surface area contributed by atoms with Crippen molar-refractivity contribution >= 4 is 40.6 Å². The van der Waals surface area contributed by atoms with E-state index in [0.717, 1.165) is 17.1 Å². The van der Waals surface area contributed by atoms with Crippen LogP contribution in [0.1, 0.15) is 78.1 Å². The smallest absolute Gasteiger partial charge is 0.273 e. The number of furan rings is 1. The average Bonchev–Trinajstić information content (AvgIpc) is 3.40. The molecule has 0 radical (unpaired) electrons. The Balaban J connectivity index is 2.19. The predicted molar refractivity (Wildman–Crippen MR) is 132 cm³/mol. The topological polar surface area (TPSA) is 145 Å². The molecule has 1 atom stereocenters. The molecule has 0 fully saturated rings. The first-order chi connectivity index (χ1) is 15.9. The van der Waals surface area contributed by atoms with Gasteiger partial charge in [-0.05, 0) is 68.1 Å². The van der Waals surface area contributed by atoms with Gasteiger partial charge in [-0.1, -0.05) is 26.0 Å². The van der Waals surface area contributed by atoms with Gasteiger partial charge in [-0.3, -0.25) is 19.3 Å². The van der Waals surface area contributed by atoms with Crippen molar-refractivity contribution in [3.63, 3.8) is 0 Å². The zero-order valence-electron chi connectivity index (χ0n) is 19.8. The fourth-order valence-electron chi connectivity index (χ4n) is 3.40. The Morgan fingerprint density at radius 2 is 1.76 bits per heavy atom. The predicted octanol–water partition coefficient (Wildman–Crippen LogP) is 3.84. The van der Waals surface area contributed by atoms with Gasteiger partial charge in [-0.15, -0.1) is 0 Å². The summed E-state index contributed by atoms with van der Waals surface area (Å²) in [5.41, 5.74) is 12.0. The van der Waals surface area contributed by atoms with E-state index in [9.17, 15) is 14.4 Å². The number of nitrogens with one attached hydrogen (secondary N) is 1. The number of carbonyl (C=O) groups excluding carboxylic acids is 3. The maximum absolute atomic E-state index is 13.9. The van der Waals surface area contributed by atoms with Crippen molar-refractivity contribution in [2.45, 2.75) is 52.1 Å². The van der Waals surface area contributed by atoms with Crippen LogP contribution in [0.2, 0.25) is 0 Å². The Hall–Kier alpha value is -3.66. The number of amides is 3. The highest BCUT2D eigenvalue weighted by Gasteiger charge is 2.38. The molecular formula is C24H29N5O4S. The molecule has 0 bridgehead atoms. The summed E-state index contributed by atoms with van der Waals surface area (Å²) in [5, 5.41) is 2.92. The van der Waals surface area contributed by atoms with Gasteiger partial charge in [0, 0.05) is 11.2 Å². The van der Waals surface area contributed by atoms with Crippen LogP contribution < -0.4 is 21.7 Å². The molecule has 9 nitrogen and oxygen atoms in total. The number of rotatable bonds is 7. The number of aromatic nitrogens is 1. The number of anilines is 2. The van der Waals surface area contributed by atoms with Crippen LogP contribution in [0, 0.1) is 0 Å². The quantitative estimate of drug-likeness (QED) is 0.465. The van der Waals surface area contributed by atoms with Crippen LogP contribution in [0.5, 0.6) is 0 Å². The zero-order chi connectivity index (χ0) is 25.2. The van der Waals surface area contributed by atoms with E-state index in [1.54, 1.807) is 24.3 Å². The monoisotopic (exact) mass is 483 g/mol. The second-order valence-corrected chi connectivity index (χ2v) is 9.99. The summed E-state index contributed by atoms with van der Waals surface area (Å²) in [5.74, 6) is -1.35. The van der Waals surface area contributed by atoms with Crippen molar-refractivity contribution in [3.05, 3.63) is 64.6 Å². The van der Waals surface area contributed by atoms with E-state index in [1.807, 2.05) is 32.9 Å². The number of nitrogen functional groups attached to an aromatic ring is 1. The van der Waals surface area contributed by atoms with Crippen LogP contribution in [0.4, 0.5) is 11.4 Å². The summed E-state index contributed by atoms with van der Waals surface area (Å²) in [7, 11) is 0. The van der Waals surface area contributed by atoms with Gasteiger partial charge in [0.2, 0.25) is 0 Å². The van der Waals surface area contributed by atoms with Gasteiger partial charge in [-0.25, -0.2) is 0 Å². The molecule has 1 aromatic carbocycles. The van der Waals surface area contributed by atoms with E-state index in [2.05, 4.69) is 23.5 Å². The Labute approximate surface area is 202 Å². The van der Waals surface area contributed by atoms with Crippen molar-refractivity contribution in [1.82, 2.24) is 9.69 Å². The molecule has 0 aliphatic heterocycles. The van der Waals surface area contributed by atoms with E-state index < -0.39 is 29.3 Å². The molecular weight excluding hydrogens is 454 g/mol. The Morgan fingerprint density at radius 3 is 2.24 bits per heavy atom. The first-order valence-electron chi connectivity index (χ1n) is 10.7. The third-order valence-electron chi connectivity index (χ3n) is 5.03. The largest absolute Gasteiger partial charge is 0.467 e. The van der Waals surface area contributed by atoms with Gasteiger partial charge in [-0.2, -0.15) is 4.37 Å². The highest BCUT2D eigenvalue weighted by molar-refractivity contribution is 7.09. The van der Waals surface area contributed by atoms with Crippen LogP contribution >= 0.6 is 11.5 Å². The van der Waals surface area contributed by atoms with E-state index in [0.29, 0.717) is 5.69 Å². The Bertz CT molecular complexity index is 1180. The molecule has 0 saturated heterocycles. The minimum Gasteiger partial charge on any atom is -0.467 e. The lowest BCUT2D eigenvalue weighted by atomic mass is 10.0. The van der Waals surface area contributed by atoms with Crippen molar-refractivity contribution < 1.29 is 18.8 Å². The number of hydrogen-bond donors (Lipinski definition) is 3. The molecule has 3 aromatic rings. The molecule has 5 N–H and O–H groups in total. The summed E-state index contributed by atoms with van der Waals surface area (Å²) in [6, 6.07) is 9.44. The Morgan fingerprint density at radius 1 is 1.12 bits per heavy atom. The highest BCUT2D eigenvalue weighted by Crippen LogP contribution is 2.34.